The SMILES string of the molecule is CC(C)(C)c1ccc([C@@H](O)[C@@H]2CCCN2)cc1. The highest BCUT2D eigenvalue weighted by Crippen LogP contribution is 2.26. The molecule has 1 heterocycles. The van der Waals surface area contributed by atoms with E-state index in [-0.39, 0.29) is 17.6 Å². The summed E-state index contributed by atoms with van der Waals surface area (Å²) in [7, 11) is 0. The molecule has 2 heteroatoms. The van der Waals surface area contributed by atoms with Crippen LogP contribution in [0.3, 0.4) is 0 Å². The van der Waals surface area contributed by atoms with Crippen molar-refractivity contribution in [1.29, 1.82) is 0 Å². The third-order valence-electron chi connectivity index (χ3n) is 3.60. The first-order valence-electron chi connectivity index (χ1n) is 6.50. The van der Waals surface area contributed by atoms with Gasteiger partial charge in [-0.25, -0.2) is 0 Å². The van der Waals surface area contributed by atoms with E-state index in [9.17, 15) is 5.11 Å². The standard InChI is InChI=1S/C15H23NO/c1-15(2,3)12-8-6-11(7-9-12)14(17)13-5-4-10-16-13/h6-9,13-14,16-17H,4-5,10H2,1-3H3/t13-,14+/m0/s1. The Hall–Kier alpha value is -0.860. The summed E-state index contributed by atoms with van der Waals surface area (Å²) >= 11 is 0. The highest BCUT2D eigenvalue weighted by atomic mass is 16.3. The molecule has 1 aliphatic rings. The molecule has 0 spiro atoms. The van der Waals surface area contributed by atoms with Crippen molar-refractivity contribution in [3.05, 3.63) is 35.4 Å². The molecule has 0 aromatic heterocycles. The van der Waals surface area contributed by atoms with E-state index in [1.165, 1.54) is 12.0 Å². The molecule has 17 heavy (non-hydrogen) atoms. The molecule has 0 unspecified atom stereocenters. The maximum Gasteiger partial charge on any atom is 0.0942 e. The van der Waals surface area contributed by atoms with Gasteiger partial charge in [-0.05, 0) is 35.9 Å². The first-order chi connectivity index (χ1) is 7.98. The van der Waals surface area contributed by atoms with E-state index in [4.69, 9.17) is 0 Å². The van der Waals surface area contributed by atoms with Crippen molar-refractivity contribution in [2.45, 2.75) is 51.2 Å². The maximum atomic E-state index is 10.3. The molecule has 2 atom stereocenters. The molecule has 0 radical (unpaired) electrons. The van der Waals surface area contributed by atoms with Gasteiger partial charge in [-0.1, -0.05) is 45.0 Å². The lowest BCUT2D eigenvalue weighted by Gasteiger charge is -2.22. The predicted molar refractivity (Wildman–Crippen MR) is 71.1 cm³/mol. The Morgan fingerprint density at radius 2 is 1.88 bits per heavy atom. The second kappa shape index (κ2) is 4.79. The zero-order valence-electron chi connectivity index (χ0n) is 11.0. The van der Waals surface area contributed by atoms with E-state index in [0.29, 0.717) is 0 Å². The van der Waals surface area contributed by atoms with Crippen molar-refractivity contribution >= 4 is 0 Å². The summed E-state index contributed by atoms with van der Waals surface area (Å²) in [5.41, 5.74) is 2.51. The van der Waals surface area contributed by atoms with Crippen molar-refractivity contribution < 1.29 is 5.11 Å². The third kappa shape index (κ3) is 2.88. The fourth-order valence-corrected chi connectivity index (χ4v) is 2.39. The van der Waals surface area contributed by atoms with Crippen LogP contribution < -0.4 is 5.32 Å². The van der Waals surface area contributed by atoms with Gasteiger partial charge in [0, 0.05) is 6.04 Å². The number of aliphatic hydroxyl groups excluding tert-OH is 1. The van der Waals surface area contributed by atoms with Gasteiger partial charge < -0.3 is 10.4 Å². The molecule has 0 bridgehead atoms. The maximum absolute atomic E-state index is 10.3. The lowest BCUT2D eigenvalue weighted by molar-refractivity contribution is 0.137. The van der Waals surface area contributed by atoms with E-state index in [2.05, 4.69) is 50.4 Å². The first-order valence-corrected chi connectivity index (χ1v) is 6.50. The van der Waals surface area contributed by atoms with E-state index >= 15 is 0 Å². The quantitative estimate of drug-likeness (QED) is 0.823. The van der Waals surface area contributed by atoms with E-state index < -0.39 is 0 Å². The fourth-order valence-electron chi connectivity index (χ4n) is 2.39. The van der Waals surface area contributed by atoms with Gasteiger partial charge in [0.05, 0.1) is 6.10 Å². The molecule has 0 aliphatic carbocycles. The first kappa shape index (κ1) is 12.6. The van der Waals surface area contributed by atoms with Crippen LogP contribution in [0.2, 0.25) is 0 Å². The van der Waals surface area contributed by atoms with Crippen molar-refractivity contribution in [3.63, 3.8) is 0 Å². The average Bonchev–Trinajstić information content (AvgIpc) is 2.80. The van der Waals surface area contributed by atoms with E-state index in [0.717, 1.165) is 18.5 Å². The molecule has 0 saturated carbocycles. The van der Waals surface area contributed by atoms with E-state index in [1.807, 2.05) is 0 Å². The van der Waals surface area contributed by atoms with Crippen molar-refractivity contribution in [3.8, 4) is 0 Å². The highest BCUT2D eigenvalue weighted by molar-refractivity contribution is 5.29. The van der Waals surface area contributed by atoms with Gasteiger partial charge in [0.1, 0.15) is 0 Å². The van der Waals surface area contributed by atoms with Crippen molar-refractivity contribution in [2.24, 2.45) is 0 Å². The zero-order valence-corrected chi connectivity index (χ0v) is 11.0. The molecule has 1 aromatic rings. The van der Waals surface area contributed by atoms with Crippen LogP contribution >= 0.6 is 0 Å². The normalized spacial score (nSPS) is 22.7. The number of hydrogen-bond donors (Lipinski definition) is 2. The van der Waals surface area contributed by atoms with Gasteiger partial charge in [0.25, 0.3) is 0 Å². The molecule has 1 fully saturated rings. The van der Waals surface area contributed by atoms with Crippen LogP contribution in [0.5, 0.6) is 0 Å². The fraction of sp³-hybridized carbons (Fsp3) is 0.600. The van der Waals surface area contributed by atoms with Crippen LogP contribution in [0.4, 0.5) is 0 Å². The second-order valence-electron chi connectivity index (χ2n) is 6.02. The lowest BCUT2D eigenvalue weighted by Crippen LogP contribution is -2.28. The molecular formula is C15H23NO. The number of hydrogen-bond acceptors (Lipinski definition) is 2. The summed E-state index contributed by atoms with van der Waals surface area (Å²) < 4.78 is 0. The summed E-state index contributed by atoms with van der Waals surface area (Å²) in [6.45, 7) is 7.65. The lowest BCUT2D eigenvalue weighted by atomic mass is 9.86. The summed E-state index contributed by atoms with van der Waals surface area (Å²) in [5, 5.41) is 13.6. The minimum atomic E-state index is -0.369. The van der Waals surface area contributed by atoms with Crippen molar-refractivity contribution in [2.75, 3.05) is 6.54 Å². The second-order valence-corrected chi connectivity index (χ2v) is 6.02. The Kier molecular flexibility index (Phi) is 3.55. The summed E-state index contributed by atoms with van der Waals surface area (Å²) in [5.74, 6) is 0. The molecule has 2 rings (SSSR count). The van der Waals surface area contributed by atoms with Crippen LogP contribution in [0.15, 0.2) is 24.3 Å². The monoisotopic (exact) mass is 233 g/mol. The third-order valence-corrected chi connectivity index (χ3v) is 3.60. The molecule has 0 amide bonds. The van der Waals surface area contributed by atoms with Gasteiger partial charge in [0.15, 0.2) is 0 Å². The average molecular weight is 233 g/mol. The Morgan fingerprint density at radius 1 is 1.24 bits per heavy atom. The Morgan fingerprint density at radius 3 is 2.35 bits per heavy atom. The van der Waals surface area contributed by atoms with Gasteiger partial charge in [0.2, 0.25) is 0 Å². The smallest absolute Gasteiger partial charge is 0.0942 e. The topological polar surface area (TPSA) is 32.3 Å². The Bertz CT molecular complexity index is 358. The molecule has 94 valence electrons. The minimum absolute atomic E-state index is 0.176. The molecular weight excluding hydrogens is 210 g/mol. The van der Waals surface area contributed by atoms with Gasteiger partial charge in [-0.3, -0.25) is 0 Å². The summed E-state index contributed by atoms with van der Waals surface area (Å²) in [6.07, 6.45) is 1.87. The Labute approximate surface area is 104 Å². The number of rotatable bonds is 2. The molecule has 1 saturated heterocycles. The van der Waals surface area contributed by atoms with Crippen LogP contribution in [-0.2, 0) is 5.41 Å². The zero-order chi connectivity index (χ0) is 12.5. The van der Waals surface area contributed by atoms with Gasteiger partial charge in [-0.15, -0.1) is 0 Å². The van der Waals surface area contributed by atoms with Gasteiger partial charge in [-0.2, -0.15) is 0 Å². The van der Waals surface area contributed by atoms with Crippen molar-refractivity contribution in [1.82, 2.24) is 5.32 Å². The number of aliphatic hydroxyl groups is 1. The van der Waals surface area contributed by atoms with E-state index in [1.54, 1.807) is 0 Å². The van der Waals surface area contributed by atoms with Crippen LogP contribution in [-0.4, -0.2) is 17.7 Å². The molecule has 2 nitrogen and oxygen atoms in total. The predicted octanol–water partition coefficient (Wildman–Crippen LogP) is 2.77. The molecule has 2 N–H and O–H groups in total. The largest absolute Gasteiger partial charge is 0.387 e. The minimum Gasteiger partial charge on any atom is -0.387 e. The molecule has 1 aliphatic heterocycles. The number of nitrogens with one attached hydrogen (secondary N) is 1. The summed E-state index contributed by atoms with van der Waals surface area (Å²) in [4.78, 5) is 0. The Balaban J connectivity index is 2.12. The van der Waals surface area contributed by atoms with Gasteiger partial charge >= 0.3 is 0 Å². The summed E-state index contributed by atoms with van der Waals surface area (Å²) in [6, 6.07) is 8.62. The van der Waals surface area contributed by atoms with Crippen LogP contribution in [0.25, 0.3) is 0 Å². The number of benzene rings is 1. The van der Waals surface area contributed by atoms with Crippen LogP contribution in [0.1, 0.15) is 50.8 Å². The molecule has 1 aromatic carbocycles. The van der Waals surface area contributed by atoms with Crippen LogP contribution in [0, 0.1) is 0 Å². The highest BCUT2D eigenvalue weighted by Gasteiger charge is 2.24.